The lowest BCUT2D eigenvalue weighted by atomic mass is 10.2. The van der Waals surface area contributed by atoms with Crippen LogP contribution in [-0.2, 0) is 4.79 Å². The first-order chi connectivity index (χ1) is 14.6. The molecule has 6 nitrogen and oxygen atoms in total. The summed E-state index contributed by atoms with van der Waals surface area (Å²) in [7, 11) is 0. The van der Waals surface area contributed by atoms with E-state index in [2.05, 4.69) is 22.3 Å². The van der Waals surface area contributed by atoms with Gasteiger partial charge in [0.15, 0.2) is 5.76 Å². The van der Waals surface area contributed by atoms with E-state index in [0.717, 1.165) is 18.8 Å². The first-order valence-corrected chi connectivity index (χ1v) is 9.82. The molecule has 2 amide bonds. The second-order valence-corrected chi connectivity index (χ2v) is 7.06. The van der Waals surface area contributed by atoms with E-state index in [9.17, 15) is 14.0 Å². The smallest absolute Gasteiger partial charge is 0.287 e. The maximum atomic E-state index is 13.0. The van der Waals surface area contributed by atoms with Crippen LogP contribution in [0.1, 0.15) is 10.6 Å². The maximum Gasteiger partial charge on any atom is 0.287 e. The second-order valence-electron chi connectivity index (χ2n) is 7.06. The Morgan fingerprint density at radius 2 is 1.60 bits per heavy atom. The summed E-state index contributed by atoms with van der Waals surface area (Å²) in [5.41, 5.74) is 1.82. The van der Waals surface area contributed by atoms with Crippen molar-refractivity contribution in [2.75, 3.05) is 37.6 Å². The zero-order valence-electron chi connectivity index (χ0n) is 16.4. The molecule has 2 aromatic carbocycles. The van der Waals surface area contributed by atoms with Crippen molar-refractivity contribution in [3.05, 3.63) is 78.3 Å². The average molecular weight is 407 g/mol. The highest BCUT2D eigenvalue weighted by molar-refractivity contribution is 5.94. The molecule has 3 aromatic rings. The van der Waals surface area contributed by atoms with E-state index in [1.165, 1.54) is 18.2 Å². The van der Waals surface area contributed by atoms with E-state index >= 15 is 0 Å². The van der Waals surface area contributed by atoms with Gasteiger partial charge in [0.25, 0.3) is 5.91 Å². The lowest BCUT2D eigenvalue weighted by Crippen LogP contribution is -2.51. The van der Waals surface area contributed by atoms with Gasteiger partial charge in [0.05, 0.1) is 6.54 Å². The Bertz CT molecular complexity index is 1010. The fourth-order valence-corrected chi connectivity index (χ4v) is 3.44. The zero-order valence-corrected chi connectivity index (χ0v) is 16.4. The molecule has 0 spiro atoms. The maximum absolute atomic E-state index is 13.0. The Hall–Kier alpha value is -3.61. The minimum Gasteiger partial charge on any atom is -0.451 e. The van der Waals surface area contributed by atoms with Crippen molar-refractivity contribution in [1.82, 2.24) is 10.2 Å². The minimum absolute atomic E-state index is 0.0866. The van der Waals surface area contributed by atoms with Crippen LogP contribution >= 0.6 is 0 Å². The van der Waals surface area contributed by atoms with E-state index in [0.29, 0.717) is 24.4 Å². The van der Waals surface area contributed by atoms with Gasteiger partial charge in [0.1, 0.15) is 11.6 Å². The van der Waals surface area contributed by atoms with E-state index in [4.69, 9.17) is 4.42 Å². The Morgan fingerprint density at radius 3 is 2.30 bits per heavy atom. The van der Waals surface area contributed by atoms with Gasteiger partial charge >= 0.3 is 0 Å². The number of carbonyl (C=O) groups excluding carboxylic acids is 2. The quantitative estimate of drug-likeness (QED) is 0.706. The number of para-hydroxylation sites is 1. The first-order valence-electron chi connectivity index (χ1n) is 9.82. The largest absolute Gasteiger partial charge is 0.451 e. The topological polar surface area (TPSA) is 65.8 Å². The normalized spacial score (nSPS) is 13.9. The van der Waals surface area contributed by atoms with E-state index < -0.39 is 5.91 Å². The van der Waals surface area contributed by atoms with Crippen LogP contribution in [0.3, 0.4) is 0 Å². The van der Waals surface area contributed by atoms with Crippen LogP contribution in [0.25, 0.3) is 11.3 Å². The molecule has 1 saturated heterocycles. The molecule has 30 heavy (non-hydrogen) atoms. The van der Waals surface area contributed by atoms with E-state index in [-0.39, 0.29) is 24.0 Å². The van der Waals surface area contributed by atoms with Crippen molar-refractivity contribution in [3.8, 4) is 11.3 Å². The van der Waals surface area contributed by atoms with Gasteiger partial charge in [-0.3, -0.25) is 9.59 Å². The second kappa shape index (κ2) is 8.82. The van der Waals surface area contributed by atoms with Crippen molar-refractivity contribution < 1.29 is 18.4 Å². The van der Waals surface area contributed by atoms with Crippen molar-refractivity contribution in [2.24, 2.45) is 0 Å². The molecule has 4 rings (SSSR count). The summed E-state index contributed by atoms with van der Waals surface area (Å²) in [6.45, 7) is 2.64. The molecule has 0 radical (unpaired) electrons. The number of nitrogens with one attached hydrogen (secondary N) is 1. The van der Waals surface area contributed by atoms with Gasteiger partial charge in [-0.15, -0.1) is 0 Å². The summed E-state index contributed by atoms with van der Waals surface area (Å²) in [5.74, 6) is -0.355. The lowest BCUT2D eigenvalue weighted by molar-refractivity contribution is -0.130. The van der Waals surface area contributed by atoms with Crippen LogP contribution in [0.5, 0.6) is 0 Å². The number of halogens is 1. The van der Waals surface area contributed by atoms with Gasteiger partial charge in [-0.1, -0.05) is 18.2 Å². The number of hydrogen-bond donors (Lipinski definition) is 1. The predicted octanol–water partition coefficient (Wildman–Crippen LogP) is 3.16. The third-order valence-corrected chi connectivity index (χ3v) is 5.11. The molecule has 1 aromatic heterocycles. The van der Waals surface area contributed by atoms with Crippen LogP contribution in [0, 0.1) is 5.82 Å². The van der Waals surface area contributed by atoms with Gasteiger partial charge in [0.2, 0.25) is 5.91 Å². The highest BCUT2D eigenvalue weighted by atomic mass is 19.1. The number of rotatable bonds is 5. The highest BCUT2D eigenvalue weighted by Gasteiger charge is 2.22. The summed E-state index contributed by atoms with van der Waals surface area (Å²) in [4.78, 5) is 28.8. The molecule has 0 saturated carbocycles. The standard InChI is InChI=1S/C23H22FN3O3/c24-18-8-6-17(7-9-18)20-10-11-21(30-20)23(29)25-16-22(28)27-14-12-26(13-15-27)19-4-2-1-3-5-19/h1-11H,12-16H2,(H,25,29). The number of piperazine rings is 1. The van der Waals surface area contributed by atoms with E-state index in [1.807, 2.05) is 18.2 Å². The number of carbonyl (C=O) groups is 2. The Kier molecular flexibility index (Phi) is 5.79. The SMILES string of the molecule is O=C(NCC(=O)N1CCN(c2ccccc2)CC1)c1ccc(-c2ccc(F)cc2)o1. The van der Waals surface area contributed by atoms with Crippen LogP contribution in [0.15, 0.2) is 71.1 Å². The zero-order chi connectivity index (χ0) is 20.9. The minimum atomic E-state index is -0.459. The highest BCUT2D eigenvalue weighted by Crippen LogP contribution is 2.22. The van der Waals surface area contributed by atoms with E-state index in [1.54, 1.807) is 23.1 Å². The third-order valence-electron chi connectivity index (χ3n) is 5.11. The summed E-state index contributed by atoms with van der Waals surface area (Å²) in [5, 5.41) is 2.62. The van der Waals surface area contributed by atoms with Crippen LogP contribution in [0.4, 0.5) is 10.1 Å². The Balaban J connectivity index is 1.27. The fraction of sp³-hybridized carbons (Fsp3) is 0.217. The molecule has 1 aliphatic rings. The van der Waals surface area contributed by atoms with Crippen molar-refractivity contribution in [3.63, 3.8) is 0 Å². The monoisotopic (exact) mass is 407 g/mol. The Labute approximate surface area is 173 Å². The molecular formula is C23H22FN3O3. The molecule has 154 valence electrons. The molecule has 1 aliphatic heterocycles. The number of anilines is 1. The summed E-state index contributed by atoms with van der Waals surface area (Å²) in [6, 6.07) is 19.1. The number of furan rings is 1. The molecule has 1 N–H and O–H groups in total. The first kappa shape index (κ1) is 19.7. The van der Waals surface area contributed by atoms with Crippen LogP contribution in [-0.4, -0.2) is 49.4 Å². The lowest BCUT2D eigenvalue weighted by Gasteiger charge is -2.36. The van der Waals surface area contributed by atoms with Crippen molar-refractivity contribution >= 4 is 17.5 Å². The Morgan fingerprint density at radius 1 is 0.900 bits per heavy atom. The van der Waals surface area contributed by atoms with Crippen LogP contribution < -0.4 is 10.2 Å². The molecule has 0 aliphatic carbocycles. The fourth-order valence-electron chi connectivity index (χ4n) is 3.44. The molecule has 0 unspecified atom stereocenters. The molecule has 1 fully saturated rings. The molecule has 2 heterocycles. The van der Waals surface area contributed by atoms with Gasteiger partial charge in [-0.2, -0.15) is 0 Å². The average Bonchev–Trinajstić information content (AvgIpc) is 3.29. The third kappa shape index (κ3) is 4.51. The van der Waals surface area contributed by atoms with Gasteiger partial charge in [-0.05, 0) is 48.5 Å². The summed E-state index contributed by atoms with van der Waals surface area (Å²) < 4.78 is 18.6. The summed E-state index contributed by atoms with van der Waals surface area (Å²) >= 11 is 0. The molecule has 0 bridgehead atoms. The van der Waals surface area contributed by atoms with Crippen molar-refractivity contribution in [1.29, 1.82) is 0 Å². The predicted molar refractivity (Wildman–Crippen MR) is 112 cm³/mol. The molecular weight excluding hydrogens is 385 g/mol. The number of amides is 2. The molecule has 7 heteroatoms. The van der Waals surface area contributed by atoms with Crippen molar-refractivity contribution in [2.45, 2.75) is 0 Å². The van der Waals surface area contributed by atoms with Gasteiger partial charge in [-0.25, -0.2) is 4.39 Å². The number of benzene rings is 2. The van der Waals surface area contributed by atoms with Crippen LogP contribution in [0.2, 0.25) is 0 Å². The van der Waals surface area contributed by atoms with Gasteiger partial charge < -0.3 is 19.5 Å². The van der Waals surface area contributed by atoms with Gasteiger partial charge in [0, 0.05) is 37.4 Å². The molecule has 0 atom stereocenters. The number of nitrogens with zero attached hydrogens (tertiary/aromatic N) is 2. The number of hydrogen-bond acceptors (Lipinski definition) is 4. The summed E-state index contributed by atoms with van der Waals surface area (Å²) in [6.07, 6.45) is 0.